The predicted octanol–water partition coefficient (Wildman–Crippen LogP) is 2.73. The fraction of sp³-hybridized carbons (Fsp3) is 0.312. The summed E-state index contributed by atoms with van der Waals surface area (Å²) in [5.74, 6) is 1.81. The van der Waals surface area contributed by atoms with Gasteiger partial charge in [-0.3, -0.25) is 0 Å². The molecular weight excluding hydrogens is 222 g/mol. The third-order valence-electron chi connectivity index (χ3n) is 4.17. The van der Waals surface area contributed by atoms with Crippen molar-refractivity contribution in [3.8, 4) is 17.0 Å². The average molecular weight is 238 g/mol. The average Bonchev–Trinajstić information content (AvgIpc) is 3.05. The molecule has 1 aliphatic heterocycles. The minimum Gasteiger partial charge on any atom is -0.489 e. The number of hydrogen-bond acceptors (Lipinski definition) is 1. The molecule has 18 heavy (non-hydrogen) atoms. The smallest absolute Gasteiger partial charge is 0.212 e. The first-order valence-electron chi connectivity index (χ1n) is 6.51. The lowest BCUT2D eigenvalue weighted by Gasteiger charge is -2.11. The second-order valence-corrected chi connectivity index (χ2v) is 5.35. The van der Waals surface area contributed by atoms with E-state index in [1.54, 1.807) is 0 Å². The molecule has 1 aromatic carbocycles. The van der Waals surface area contributed by atoms with Crippen molar-refractivity contribution >= 4 is 0 Å². The second-order valence-electron chi connectivity index (χ2n) is 5.35. The number of pyridine rings is 1. The molecule has 2 heteroatoms. The van der Waals surface area contributed by atoms with Crippen LogP contribution in [0.3, 0.4) is 0 Å². The van der Waals surface area contributed by atoms with Crippen LogP contribution in [0.25, 0.3) is 11.3 Å². The molecule has 2 heterocycles. The van der Waals surface area contributed by atoms with Gasteiger partial charge in [-0.1, -0.05) is 6.07 Å². The Morgan fingerprint density at radius 3 is 2.94 bits per heavy atom. The Bertz CT molecular complexity index is 648. The van der Waals surface area contributed by atoms with Crippen molar-refractivity contribution in [2.75, 3.05) is 0 Å². The number of benzene rings is 1. The van der Waals surface area contributed by atoms with Crippen LogP contribution in [0.1, 0.15) is 23.5 Å². The number of hydrogen-bond donors (Lipinski definition) is 0. The SMILES string of the molecule is Cc1c(-c2cccc[n+]2C)ccc2c1OC1CC21. The van der Waals surface area contributed by atoms with E-state index in [9.17, 15) is 0 Å². The molecule has 4 rings (SSSR count). The zero-order chi connectivity index (χ0) is 12.3. The summed E-state index contributed by atoms with van der Waals surface area (Å²) >= 11 is 0. The maximum absolute atomic E-state index is 6.00. The Balaban J connectivity index is 1.91. The van der Waals surface area contributed by atoms with Gasteiger partial charge in [0.25, 0.3) is 0 Å². The number of aromatic nitrogens is 1. The van der Waals surface area contributed by atoms with Crippen molar-refractivity contribution < 1.29 is 9.30 Å². The van der Waals surface area contributed by atoms with Crippen molar-refractivity contribution in [2.24, 2.45) is 7.05 Å². The van der Waals surface area contributed by atoms with Gasteiger partial charge in [0.1, 0.15) is 18.9 Å². The van der Waals surface area contributed by atoms with Crippen LogP contribution >= 0.6 is 0 Å². The third kappa shape index (κ3) is 1.26. The van der Waals surface area contributed by atoms with E-state index in [-0.39, 0.29) is 0 Å². The van der Waals surface area contributed by atoms with Gasteiger partial charge >= 0.3 is 0 Å². The van der Waals surface area contributed by atoms with Gasteiger partial charge in [-0.05, 0) is 25.5 Å². The van der Waals surface area contributed by atoms with E-state index < -0.39 is 0 Å². The normalized spacial score (nSPS) is 23.2. The van der Waals surface area contributed by atoms with Gasteiger partial charge in [-0.2, -0.15) is 0 Å². The Morgan fingerprint density at radius 2 is 2.11 bits per heavy atom. The molecule has 1 aliphatic carbocycles. The molecular formula is C16H16NO+. The van der Waals surface area contributed by atoms with Crippen LogP contribution in [0, 0.1) is 6.92 Å². The molecule has 0 amide bonds. The van der Waals surface area contributed by atoms with Crippen LogP contribution in [0.4, 0.5) is 0 Å². The van der Waals surface area contributed by atoms with E-state index in [2.05, 4.69) is 55.1 Å². The molecule has 0 bridgehead atoms. The van der Waals surface area contributed by atoms with Crippen molar-refractivity contribution in [3.05, 3.63) is 47.7 Å². The lowest BCUT2D eigenvalue weighted by atomic mass is 9.99. The van der Waals surface area contributed by atoms with E-state index >= 15 is 0 Å². The van der Waals surface area contributed by atoms with Crippen LogP contribution < -0.4 is 9.30 Å². The van der Waals surface area contributed by atoms with Crippen molar-refractivity contribution in [1.82, 2.24) is 0 Å². The molecule has 0 saturated heterocycles. The van der Waals surface area contributed by atoms with Crippen molar-refractivity contribution in [1.29, 1.82) is 0 Å². The van der Waals surface area contributed by atoms with Crippen LogP contribution in [0.15, 0.2) is 36.5 Å². The molecule has 0 radical (unpaired) electrons. The maximum Gasteiger partial charge on any atom is 0.212 e. The summed E-state index contributed by atoms with van der Waals surface area (Å²) in [5, 5.41) is 0. The van der Waals surface area contributed by atoms with E-state index in [1.165, 1.54) is 28.8 Å². The standard InChI is InChI=1S/C16H16NO/c1-10-11(14-5-3-4-8-17(14)2)6-7-12-13-9-15(13)18-16(10)12/h3-8,13,15H,9H2,1-2H3/q+1. The lowest BCUT2D eigenvalue weighted by molar-refractivity contribution is -0.660. The Hall–Kier alpha value is -1.83. The number of rotatable bonds is 1. The quantitative estimate of drug-likeness (QED) is 0.696. The summed E-state index contributed by atoms with van der Waals surface area (Å²) in [6, 6.07) is 10.8. The van der Waals surface area contributed by atoms with Crippen LogP contribution in [-0.2, 0) is 7.05 Å². The molecule has 90 valence electrons. The van der Waals surface area contributed by atoms with E-state index in [0.29, 0.717) is 12.0 Å². The van der Waals surface area contributed by atoms with Crippen LogP contribution in [0.2, 0.25) is 0 Å². The van der Waals surface area contributed by atoms with Gasteiger partial charge in [0.2, 0.25) is 5.69 Å². The first-order valence-corrected chi connectivity index (χ1v) is 6.51. The fourth-order valence-corrected chi connectivity index (χ4v) is 3.02. The zero-order valence-corrected chi connectivity index (χ0v) is 10.7. The molecule has 2 aliphatic rings. The third-order valence-corrected chi connectivity index (χ3v) is 4.17. The summed E-state index contributed by atoms with van der Waals surface area (Å²) < 4.78 is 8.16. The highest BCUT2D eigenvalue weighted by Crippen LogP contribution is 2.55. The molecule has 2 aromatic rings. The van der Waals surface area contributed by atoms with Crippen molar-refractivity contribution in [2.45, 2.75) is 25.4 Å². The van der Waals surface area contributed by atoms with Gasteiger partial charge < -0.3 is 4.74 Å². The predicted molar refractivity (Wildman–Crippen MR) is 69.6 cm³/mol. The zero-order valence-electron chi connectivity index (χ0n) is 10.7. The van der Waals surface area contributed by atoms with Gasteiger partial charge in [-0.15, -0.1) is 0 Å². The molecule has 2 unspecified atom stereocenters. The van der Waals surface area contributed by atoms with Crippen LogP contribution in [-0.4, -0.2) is 6.10 Å². The monoisotopic (exact) mass is 238 g/mol. The molecule has 0 spiro atoms. The van der Waals surface area contributed by atoms with Gasteiger partial charge in [-0.25, -0.2) is 4.57 Å². The highest BCUT2D eigenvalue weighted by atomic mass is 16.5. The highest BCUT2D eigenvalue weighted by molar-refractivity contribution is 5.68. The summed E-state index contributed by atoms with van der Waals surface area (Å²) in [4.78, 5) is 0. The van der Waals surface area contributed by atoms with E-state index in [0.717, 1.165) is 5.75 Å². The van der Waals surface area contributed by atoms with E-state index in [1.807, 2.05) is 0 Å². The number of fused-ring (bicyclic) bond motifs is 3. The molecule has 2 nitrogen and oxygen atoms in total. The minimum absolute atomic E-state index is 0.471. The lowest BCUT2D eigenvalue weighted by Crippen LogP contribution is -2.30. The summed E-state index contributed by atoms with van der Waals surface area (Å²) in [6.45, 7) is 2.17. The molecule has 1 aromatic heterocycles. The molecule has 0 N–H and O–H groups in total. The van der Waals surface area contributed by atoms with Gasteiger partial charge in [0.15, 0.2) is 6.20 Å². The van der Waals surface area contributed by atoms with Crippen molar-refractivity contribution in [3.63, 3.8) is 0 Å². The summed E-state index contributed by atoms with van der Waals surface area (Å²) in [7, 11) is 2.08. The van der Waals surface area contributed by atoms with Gasteiger partial charge in [0.05, 0.1) is 5.56 Å². The van der Waals surface area contributed by atoms with Gasteiger partial charge in [0, 0.05) is 29.2 Å². The Labute approximate surface area is 107 Å². The Morgan fingerprint density at radius 1 is 1.22 bits per heavy atom. The Kier molecular flexibility index (Phi) is 1.88. The maximum atomic E-state index is 6.00. The second kappa shape index (κ2) is 3.35. The topological polar surface area (TPSA) is 13.1 Å². The minimum atomic E-state index is 0.471. The fourth-order valence-electron chi connectivity index (χ4n) is 3.02. The highest BCUT2D eigenvalue weighted by Gasteiger charge is 2.48. The first-order chi connectivity index (χ1) is 8.75. The number of nitrogens with zero attached hydrogens (tertiary/aromatic N) is 1. The molecule has 2 atom stereocenters. The summed E-state index contributed by atoms with van der Waals surface area (Å²) in [5.41, 5.74) is 5.21. The van der Waals surface area contributed by atoms with E-state index in [4.69, 9.17) is 4.74 Å². The molecule has 1 fully saturated rings. The summed E-state index contributed by atoms with van der Waals surface area (Å²) in [6.07, 6.45) is 3.77. The number of aryl methyl sites for hydroxylation is 1. The first kappa shape index (κ1) is 10.1. The van der Waals surface area contributed by atoms with Crippen LogP contribution in [0.5, 0.6) is 5.75 Å². The largest absolute Gasteiger partial charge is 0.489 e. The molecule has 1 saturated carbocycles. The number of ether oxygens (including phenoxy) is 1.